The van der Waals surface area contributed by atoms with Gasteiger partial charge in [0.1, 0.15) is 0 Å². The first-order valence-corrected chi connectivity index (χ1v) is 5.29. The van der Waals surface area contributed by atoms with Gasteiger partial charge in [0.15, 0.2) is 0 Å². The molecule has 72 valence electrons. The van der Waals surface area contributed by atoms with Crippen molar-refractivity contribution in [2.24, 2.45) is 11.7 Å². The molecule has 0 aromatic carbocycles. The SMILES string of the molecule is CCC(N)CNCCCC1CC1. The highest BCUT2D eigenvalue weighted by Gasteiger charge is 2.19. The lowest BCUT2D eigenvalue weighted by atomic mass is 10.2. The minimum Gasteiger partial charge on any atom is -0.327 e. The molecule has 0 heterocycles. The van der Waals surface area contributed by atoms with Crippen molar-refractivity contribution < 1.29 is 0 Å². The smallest absolute Gasteiger partial charge is 0.0162 e. The van der Waals surface area contributed by atoms with Gasteiger partial charge in [0.05, 0.1) is 0 Å². The molecule has 12 heavy (non-hydrogen) atoms. The first-order chi connectivity index (χ1) is 5.83. The average molecular weight is 170 g/mol. The largest absolute Gasteiger partial charge is 0.327 e. The first kappa shape index (κ1) is 10.0. The van der Waals surface area contributed by atoms with Gasteiger partial charge in [-0.2, -0.15) is 0 Å². The van der Waals surface area contributed by atoms with Crippen LogP contribution in [0.2, 0.25) is 0 Å². The molecule has 0 amide bonds. The van der Waals surface area contributed by atoms with Crippen LogP contribution >= 0.6 is 0 Å². The number of nitrogens with one attached hydrogen (secondary N) is 1. The number of hydrogen-bond acceptors (Lipinski definition) is 2. The van der Waals surface area contributed by atoms with Gasteiger partial charge in [0.25, 0.3) is 0 Å². The third kappa shape index (κ3) is 4.73. The number of rotatable bonds is 7. The van der Waals surface area contributed by atoms with Gasteiger partial charge in [-0.3, -0.25) is 0 Å². The molecule has 1 aliphatic rings. The van der Waals surface area contributed by atoms with Crippen molar-refractivity contribution in [1.29, 1.82) is 0 Å². The lowest BCUT2D eigenvalue weighted by molar-refractivity contribution is 0.536. The molecule has 2 heteroatoms. The highest BCUT2D eigenvalue weighted by Crippen LogP contribution is 2.33. The van der Waals surface area contributed by atoms with Crippen LogP contribution in [0.4, 0.5) is 0 Å². The Morgan fingerprint density at radius 3 is 2.83 bits per heavy atom. The van der Waals surface area contributed by atoms with Crippen molar-refractivity contribution in [3.63, 3.8) is 0 Å². The lowest BCUT2D eigenvalue weighted by Gasteiger charge is -2.09. The molecule has 1 aliphatic carbocycles. The third-order valence-electron chi connectivity index (χ3n) is 2.59. The van der Waals surface area contributed by atoms with E-state index in [0.717, 1.165) is 25.4 Å². The average Bonchev–Trinajstić information content (AvgIpc) is 2.87. The van der Waals surface area contributed by atoms with Crippen molar-refractivity contribution in [2.75, 3.05) is 13.1 Å². The molecule has 0 radical (unpaired) electrons. The summed E-state index contributed by atoms with van der Waals surface area (Å²) >= 11 is 0. The van der Waals surface area contributed by atoms with Crippen LogP contribution in [0.25, 0.3) is 0 Å². The molecule has 1 fully saturated rings. The molecule has 0 aromatic rings. The van der Waals surface area contributed by atoms with Crippen LogP contribution < -0.4 is 11.1 Å². The molecular weight excluding hydrogens is 148 g/mol. The van der Waals surface area contributed by atoms with Crippen molar-refractivity contribution >= 4 is 0 Å². The summed E-state index contributed by atoms with van der Waals surface area (Å²) in [4.78, 5) is 0. The standard InChI is InChI=1S/C10H22N2/c1-2-10(11)8-12-7-3-4-9-5-6-9/h9-10,12H,2-8,11H2,1H3. The van der Waals surface area contributed by atoms with Crippen LogP contribution in [0.3, 0.4) is 0 Å². The Morgan fingerprint density at radius 1 is 1.50 bits per heavy atom. The van der Waals surface area contributed by atoms with Gasteiger partial charge in [-0.15, -0.1) is 0 Å². The van der Waals surface area contributed by atoms with Crippen LogP contribution in [-0.2, 0) is 0 Å². The van der Waals surface area contributed by atoms with Crippen LogP contribution in [0.15, 0.2) is 0 Å². The molecule has 0 bridgehead atoms. The zero-order valence-electron chi connectivity index (χ0n) is 8.18. The summed E-state index contributed by atoms with van der Waals surface area (Å²) in [6, 6.07) is 0.353. The molecule has 3 N–H and O–H groups in total. The van der Waals surface area contributed by atoms with Gasteiger partial charge in [-0.25, -0.2) is 0 Å². The Bertz CT molecular complexity index is 110. The zero-order valence-corrected chi connectivity index (χ0v) is 8.18. The van der Waals surface area contributed by atoms with Gasteiger partial charge in [0, 0.05) is 12.6 Å². The summed E-state index contributed by atoms with van der Waals surface area (Å²) in [5.74, 6) is 1.08. The molecule has 2 nitrogen and oxygen atoms in total. The van der Waals surface area contributed by atoms with E-state index < -0.39 is 0 Å². The van der Waals surface area contributed by atoms with Crippen LogP contribution in [0.5, 0.6) is 0 Å². The van der Waals surface area contributed by atoms with Gasteiger partial charge in [0.2, 0.25) is 0 Å². The maximum atomic E-state index is 5.76. The van der Waals surface area contributed by atoms with E-state index in [-0.39, 0.29) is 0 Å². The van der Waals surface area contributed by atoms with E-state index >= 15 is 0 Å². The molecule has 1 atom stereocenters. The van der Waals surface area contributed by atoms with Crippen molar-refractivity contribution in [3.8, 4) is 0 Å². The van der Waals surface area contributed by atoms with Crippen LogP contribution in [0, 0.1) is 5.92 Å². The lowest BCUT2D eigenvalue weighted by Crippen LogP contribution is -2.33. The maximum Gasteiger partial charge on any atom is 0.0162 e. The highest BCUT2D eigenvalue weighted by molar-refractivity contribution is 4.73. The monoisotopic (exact) mass is 170 g/mol. The molecule has 0 aromatic heterocycles. The normalized spacial score (nSPS) is 19.5. The summed E-state index contributed by atoms with van der Waals surface area (Å²) in [5, 5.41) is 3.39. The van der Waals surface area contributed by atoms with Crippen molar-refractivity contribution in [2.45, 2.75) is 45.1 Å². The third-order valence-corrected chi connectivity index (χ3v) is 2.59. The second kappa shape index (κ2) is 5.55. The van der Waals surface area contributed by atoms with Gasteiger partial charge >= 0.3 is 0 Å². The number of nitrogens with two attached hydrogens (primary N) is 1. The van der Waals surface area contributed by atoms with E-state index in [9.17, 15) is 0 Å². The first-order valence-electron chi connectivity index (χ1n) is 5.29. The predicted molar refractivity (Wildman–Crippen MR) is 53.1 cm³/mol. The second-order valence-electron chi connectivity index (χ2n) is 3.96. The van der Waals surface area contributed by atoms with Crippen LogP contribution in [-0.4, -0.2) is 19.1 Å². The van der Waals surface area contributed by atoms with Crippen molar-refractivity contribution in [1.82, 2.24) is 5.32 Å². The number of hydrogen-bond donors (Lipinski definition) is 2. The second-order valence-corrected chi connectivity index (χ2v) is 3.96. The van der Waals surface area contributed by atoms with Gasteiger partial charge in [-0.05, 0) is 31.7 Å². The molecule has 0 spiro atoms. The Kier molecular flexibility index (Phi) is 4.62. The molecule has 1 unspecified atom stereocenters. The Hall–Kier alpha value is -0.0800. The predicted octanol–water partition coefficient (Wildman–Crippen LogP) is 1.50. The van der Waals surface area contributed by atoms with Gasteiger partial charge in [-0.1, -0.05) is 19.8 Å². The molecule has 1 rings (SSSR count). The quantitative estimate of drug-likeness (QED) is 0.568. The Balaban J connectivity index is 1.75. The fraction of sp³-hybridized carbons (Fsp3) is 1.00. The molecule has 1 saturated carbocycles. The van der Waals surface area contributed by atoms with Crippen LogP contribution in [0.1, 0.15) is 39.0 Å². The summed E-state index contributed by atoms with van der Waals surface area (Å²) in [5.41, 5.74) is 5.76. The molecular formula is C10H22N2. The van der Waals surface area contributed by atoms with E-state index in [1.807, 2.05) is 0 Å². The Labute approximate surface area is 75.9 Å². The Morgan fingerprint density at radius 2 is 2.25 bits per heavy atom. The van der Waals surface area contributed by atoms with E-state index in [0.29, 0.717) is 6.04 Å². The topological polar surface area (TPSA) is 38.0 Å². The summed E-state index contributed by atoms with van der Waals surface area (Å²) < 4.78 is 0. The molecule has 0 saturated heterocycles. The minimum absolute atomic E-state index is 0.353. The fourth-order valence-corrected chi connectivity index (χ4v) is 1.35. The maximum absolute atomic E-state index is 5.76. The highest BCUT2D eigenvalue weighted by atomic mass is 14.9. The minimum atomic E-state index is 0.353. The van der Waals surface area contributed by atoms with E-state index in [4.69, 9.17) is 5.73 Å². The van der Waals surface area contributed by atoms with E-state index in [1.165, 1.54) is 25.7 Å². The van der Waals surface area contributed by atoms with Crippen molar-refractivity contribution in [3.05, 3.63) is 0 Å². The summed E-state index contributed by atoms with van der Waals surface area (Å²) in [6.07, 6.45) is 6.80. The molecule has 0 aliphatic heterocycles. The van der Waals surface area contributed by atoms with Gasteiger partial charge < -0.3 is 11.1 Å². The fourth-order valence-electron chi connectivity index (χ4n) is 1.35. The summed E-state index contributed by atoms with van der Waals surface area (Å²) in [6.45, 7) is 4.28. The van der Waals surface area contributed by atoms with E-state index in [1.54, 1.807) is 0 Å². The van der Waals surface area contributed by atoms with E-state index in [2.05, 4.69) is 12.2 Å². The summed E-state index contributed by atoms with van der Waals surface area (Å²) in [7, 11) is 0. The zero-order chi connectivity index (χ0) is 8.81.